The maximum Gasteiger partial charge on any atom is 0.330 e. The maximum absolute atomic E-state index is 16.7. The molecule has 20 N–H and O–H groups in total. The molecule has 2 saturated heterocycles. The lowest BCUT2D eigenvalue weighted by molar-refractivity contribution is -0.284. The molecular formula is C78H78Cl2IN9O26. The van der Waals surface area contributed by atoms with Crippen molar-refractivity contribution < 1.29 is 127 Å². The Labute approximate surface area is 682 Å². The van der Waals surface area contributed by atoms with Crippen LogP contribution in [0.5, 0.6) is 57.5 Å². The molecule has 116 heavy (non-hydrogen) atoms. The SMILES string of the molecule is CC(=O)N[C@H]1C(O)[C@H](O)C(CO)O[C@H]1O[C@@H]1c2ccc(c(Cl)c2)Oc2cc3cc(c2O[C@@H]2OC(CO)[C@@H](O)[C@H](O)C2NC(=O)CC(C)C)Oc2ccc(cc2Cl)C[C@H]2NC(=O)[C@H](N)c4ccc(O)c(c4)Oc4cc(O)cc(c4)[C@H](NC2=O)C(=O)N[C@H]3C(=O)N[C@H]2C(=O)N[C@@H]1C(=O)N[C@H](C(=O)O)c1cc(O)cc(C)c1-c1cc2ccc1I. The molecular weight excluding hydrogens is 1680 g/mol. The van der Waals surface area contributed by atoms with Crippen LogP contribution in [0.3, 0.4) is 0 Å². The second-order valence-corrected chi connectivity index (χ2v) is 30.9. The minimum Gasteiger partial charge on any atom is -0.508 e. The van der Waals surface area contributed by atoms with Crippen LogP contribution in [-0.2, 0) is 63.8 Å². The smallest absolute Gasteiger partial charge is 0.330 e. The van der Waals surface area contributed by atoms with Crippen molar-refractivity contribution in [3.8, 4) is 68.6 Å². The quantitative estimate of drug-likeness (QED) is 0.0827. The van der Waals surface area contributed by atoms with Crippen LogP contribution in [-0.4, -0.2) is 191 Å². The zero-order valence-corrected chi connectivity index (χ0v) is 65.2. The van der Waals surface area contributed by atoms with Gasteiger partial charge in [-0.05, 0) is 176 Å². The predicted molar refractivity (Wildman–Crippen MR) is 411 cm³/mol. The highest BCUT2D eigenvalue weighted by Gasteiger charge is 2.51. The number of benzene rings is 7. The molecule has 8 amide bonds. The number of carbonyl (C=O) groups is 9. The van der Waals surface area contributed by atoms with Crippen LogP contribution in [0.25, 0.3) is 11.1 Å². The van der Waals surface area contributed by atoms with Gasteiger partial charge in [0, 0.05) is 29.4 Å². The molecule has 4 unspecified atom stereocenters. The van der Waals surface area contributed by atoms with Gasteiger partial charge in [-0.15, -0.1) is 0 Å². The van der Waals surface area contributed by atoms with Gasteiger partial charge in [-0.3, -0.25) is 38.4 Å². The molecule has 7 aromatic carbocycles. The van der Waals surface area contributed by atoms with Crippen LogP contribution < -0.4 is 67.2 Å². The number of fused-ring (bicyclic) bond motifs is 14. The number of aliphatic carboxylic acids is 1. The van der Waals surface area contributed by atoms with E-state index in [9.17, 15) is 70.2 Å². The minimum absolute atomic E-state index is 0.0691. The molecule has 7 aromatic rings. The number of aryl methyl sites for hydroxylation is 1. The van der Waals surface area contributed by atoms with Crippen molar-refractivity contribution in [2.24, 2.45) is 11.7 Å². The molecule has 0 aromatic heterocycles. The number of nitrogens with two attached hydrogens (primary N) is 1. The average molecular weight is 1760 g/mol. The number of ether oxygens (including phenoxy) is 7. The van der Waals surface area contributed by atoms with E-state index in [0.717, 1.165) is 49.4 Å². The fraction of sp³-hybridized carbons (Fsp3) is 0.346. The Kier molecular flexibility index (Phi) is 24.6. The largest absolute Gasteiger partial charge is 0.508 e. The van der Waals surface area contributed by atoms with Crippen molar-refractivity contribution in [2.75, 3.05) is 13.2 Å². The van der Waals surface area contributed by atoms with Crippen LogP contribution in [0.15, 0.2) is 115 Å². The van der Waals surface area contributed by atoms with Crippen LogP contribution in [0.4, 0.5) is 0 Å². The standard InChI is InChI=1S/C78H78Cl2IN9O26/c1-28(2)13-54(97)85-62-67(101)65(99)53(27-92)114-78(62)116-69-50-22-36-23-51(69)112-48-12-8-34(20-43(48)80)68(115-77-61(83-30(4)93)66(100)64(98)52(26-91)113-77)63-75(107)89-60(76(108)109)41-25-37(94)14-29(3)55(41)40-19-33(6-9-44(40)81)57(72(104)90-63)87-74(106)59(36)88-73(105)58-35-17-38(95)24-39(18-35)110-49-21-32(7-10-46(49)96)56(82)71(103)84-45(70(102)86-58)16-31-5-11-47(111-50)42(79)15-31/h5-12,14-15,17-25,28,45,52-53,56-68,77-78,91-92,94-96,98-101H,13,16,26-27,82H2,1-4H3,(H,83,93)(H,84,103)(H,85,97)(H,86,102)(H,87,106)(H,88,105)(H,89,107)(H,90,104)(H,108,109)/t45-,52?,53?,56-,57-,58+,59-,60+,61+,62?,63+,64-,65-,66?,67-,68-,77+,78+/m1/s1. The van der Waals surface area contributed by atoms with E-state index >= 15 is 24.0 Å². The summed E-state index contributed by atoms with van der Waals surface area (Å²) in [4.78, 5) is 136. The number of aliphatic hydroxyl groups is 6. The van der Waals surface area contributed by atoms with Gasteiger partial charge in [0.15, 0.2) is 35.3 Å². The van der Waals surface area contributed by atoms with Crippen LogP contribution in [0.1, 0.15) is 108 Å². The maximum atomic E-state index is 16.7. The summed E-state index contributed by atoms with van der Waals surface area (Å²) in [5.74, 6) is -15.9. The lowest BCUT2D eigenvalue weighted by Crippen LogP contribution is -2.65. The van der Waals surface area contributed by atoms with Gasteiger partial charge in [0.05, 0.1) is 23.3 Å². The van der Waals surface area contributed by atoms with E-state index in [0.29, 0.717) is 3.57 Å². The Morgan fingerprint density at radius 1 is 0.586 bits per heavy atom. The molecule has 0 radical (unpaired) electrons. The summed E-state index contributed by atoms with van der Waals surface area (Å²) in [5.41, 5.74) is 5.83. The number of rotatable bonds is 11. The summed E-state index contributed by atoms with van der Waals surface area (Å²) in [7, 11) is 0. The van der Waals surface area contributed by atoms with Crippen molar-refractivity contribution in [1.29, 1.82) is 0 Å². The van der Waals surface area contributed by atoms with E-state index < -0.39 is 233 Å². The van der Waals surface area contributed by atoms with Crippen LogP contribution >= 0.6 is 45.8 Å². The van der Waals surface area contributed by atoms with E-state index in [1.54, 1.807) is 13.8 Å². The minimum atomic E-state index is -2.37. The van der Waals surface area contributed by atoms with E-state index in [-0.39, 0.29) is 84.7 Å². The molecule has 18 atom stereocenters. The molecule has 35 nitrogen and oxygen atoms in total. The Morgan fingerprint density at radius 2 is 1.16 bits per heavy atom. The van der Waals surface area contributed by atoms with Gasteiger partial charge in [-0.25, -0.2) is 4.79 Å². The van der Waals surface area contributed by atoms with Gasteiger partial charge >= 0.3 is 5.97 Å². The fourth-order valence-electron chi connectivity index (χ4n) is 14.5. The number of halogens is 3. The number of amides is 8. The average Bonchev–Trinajstić information content (AvgIpc) is 0.763. The molecule has 0 saturated carbocycles. The van der Waals surface area contributed by atoms with Crippen molar-refractivity contribution in [2.45, 2.75) is 150 Å². The van der Waals surface area contributed by atoms with E-state index in [4.69, 9.17) is 62.1 Å². The third kappa shape index (κ3) is 17.4. The Bertz CT molecular complexity index is 5100. The molecule has 2 fully saturated rings. The first-order chi connectivity index (χ1) is 55.1. The van der Waals surface area contributed by atoms with E-state index in [2.05, 4.69) is 42.5 Å². The summed E-state index contributed by atoms with van der Waals surface area (Å²) >= 11 is 16.5. The van der Waals surface area contributed by atoms with Gasteiger partial charge in [-0.2, -0.15) is 0 Å². The summed E-state index contributed by atoms with van der Waals surface area (Å²) in [6.07, 6.45) is -18.1. The third-order valence-electron chi connectivity index (χ3n) is 20.2. The summed E-state index contributed by atoms with van der Waals surface area (Å²) in [6, 6.07) is 5.28. The summed E-state index contributed by atoms with van der Waals surface area (Å²) in [5, 5.41) is 133. The molecule has 38 heteroatoms. The van der Waals surface area contributed by atoms with Gasteiger partial charge in [0.25, 0.3) is 0 Å². The Morgan fingerprint density at radius 3 is 1.78 bits per heavy atom. The van der Waals surface area contributed by atoms with Gasteiger partial charge in [0.2, 0.25) is 59.3 Å². The third-order valence-corrected chi connectivity index (χ3v) is 21.7. The highest BCUT2D eigenvalue weighted by Crippen LogP contribution is 2.50. The topological polar surface area (TPSA) is 543 Å². The zero-order valence-electron chi connectivity index (χ0n) is 61.5. The molecule has 8 heterocycles. The molecule has 8 aliphatic heterocycles. The number of carbonyl (C=O) groups excluding carboxylic acids is 8. The number of phenolic OH excluding ortho intramolecular Hbond substituents is 3. The van der Waals surface area contributed by atoms with E-state index in [1.165, 1.54) is 79.7 Å². The number of carboxylic acids is 1. The number of aromatic hydroxyl groups is 3. The molecule has 17 bridgehead atoms. The number of hydrogen-bond acceptors (Lipinski definition) is 26. The highest BCUT2D eigenvalue weighted by atomic mass is 127. The van der Waals surface area contributed by atoms with Gasteiger partial charge in [-0.1, -0.05) is 61.3 Å². The van der Waals surface area contributed by atoms with Crippen molar-refractivity contribution in [3.05, 3.63) is 173 Å². The Hall–Kier alpha value is -10.7. The summed E-state index contributed by atoms with van der Waals surface area (Å²) < 4.78 is 45.7. The van der Waals surface area contributed by atoms with Crippen molar-refractivity contribution in [1.82, 2.24) is 42.5 Å². The van der Waals surface area contributed by atoms with Crippen molar-refractivity contribution >= 4 is 99.0 Å². The molecule has 15 rings (SSSR count). The fourth-order valence-corrected chi connectivity index (χ4v) is 15.6. The normalized spacial score (nSPS) is 27.3. The predicted octanol–water partition coefficient (Wildman–Crippen LogP) is 3.10. The van der Waals surface area contributed by atoms with Crippen LogP contribution in [0.2, 0.25) is 10.0 Å². The first-order valence-electron chi connectivity index (χ1n) is 36.2. The number of nitrogens with one attached hydrogen (secondary N) is 8. The Balaban J connectivity index is 1.10. The van der Waals surface area contributed by atoms with Crippen molar-refractivity contribution in [3.63, 3.8) is 0 Å². The highest BCUT2D eigenvalue weighted by molar-refractivity contribution is 14.1. The number of aliphatic hydroxyl groups excluding tert-OH is 6. The lowest BCUT2D eigenvalue weighted by Gasteiger charge is -2.44. The first-order valence-corrected chi connectivity index (χ1v) is 38.0. The van der Waals surface area contributed by atoms with Gasteiger partial charge < -0.3 is 132 Å². The van der Waals surface area contributed by atoms with Gasteiger partial charge in [0.1, 0.15) is 120 Å². The second kappa shape index (κ2) is 34.2. The molecule has 8 aliphatic rings. The molecule has 0 aliphatic carbocycles. The summed E-state index contributed by atoms with van der Waals surface area (Å²) in [6.45, 7) is 4.01. The molecule has 612 valence electrons. The first kappa shape index (κ1) is 83.2. The number of phenols is 3. The number of hydrogen-bond donors (Lipinski definition) is 19. The number of carboxylic acid groups (broad SMARTS) is 1. The second-order valence-electron chi connectivity index (χ2n) is 28.9. The monoisotopic (exact) mass is 1750 g/mol. The lowest BCUT2D eigenvalue weighted by atomic mass is 9.88. The molecule has 0 spiro atoms. The zero-order chi connectivity index (χ0) is 83.3. The van der Waals surface area contributed by atoms with E-state index in [1.807, 2.05) is 22.6 Å². The van der Waals surface area contributed by atoms with Crippen LogP contribution in [0, 0.1) is 16.4 Å².